The van der Waals surface area contributed by atoms with Crippen LogP contribution < -0.4 is 5.32 Å². The summed E-state index contributed by atoms with van der Waals surface area (Å²) < 4.78 is 8.76. The second kappa shape index (κ2) is 4.26. The van der Waals surface area contributed by atoms with Crippen LogP contribution in [-0.2, 0) is 9.47 Å². The second-order valence-corrected chi connectivity index (χ2v) is 2.28. The Hall–Kier alpha value is -2.05. The van der Waals surface area contributed by atoms with E-state index < -0.39 is 12.1 Å². The van der Waals surface area contributed by atoms with Crippen LogP contribution in [0.1, 0.15) is 10.5 Å². The highest BCUT2D eigenvalue weighted by molar-refractivity contribution is 5.90. The lowest BCUT2D eigenvalue weighted by molar-refractivity contribution is 0.0594. The zero-order valence-electron chi connectivity index (χ0n) is 7.66. The van der Waals surface area contributed by atoms with Gasteiger partial charge in [0.1, 0.15) is 5.69 Å². The van der Waals surface area contributed by atoms with E-state index in [-0.39, 0.29) is 11.5 Å². The molecule has 1 aromatic heterocycles. The van der Waals surface area contributed by atoms with Crippen LogP contribution in [0.5, 0.6) is 0 Å². The van der Waals surface area contributed by atoms with Crippen LogP contribution in [0, 0.1) is 0 Å². The molecule has 1 rings (SSSR count). The van der Waals surface area contributed by atoms with E-state index in [0.29, 0.717) is 0 Å². The lowest BCUT2D eigenvalue weighted by Crippen LogP contribution is -2.11. The molecule has 0 bridgehead atoms. The maximum Gasteiger partial charge on any atom is 0.412 e. The van der Waals surface area contributed by atoms with E-state index in [0.717, 1.165) is 0 Å². The zero-order valence-corrected chi connectivity index (χ0v) is 7.66. The van der Waals surface area contributed by atoms with Gasteiger partial charge in [0.2, 0.25) is 0 Å². The molecule has 1 aromatic rings. The third-order valence-corrected chi connectivity index (χ3v) is 1.40. The Morgan fingerprint density at radius 3 is 2.71 bits per heavy atom. The van der Waals surface area contributed by atoms with Crippen molar-refractivity contribution in [2.75, 3.05) is 19.5 Å². The van der Waals surface area contributed by atoms with Gasteiger partial charge in [-0.2, -0.15) is 5.10 Å². The van der Waals surface area contributed by atoms with Gasteiger partial charge in [-0.15, -0.1) is 0 Å². The van der Waals surface area contributed by atoms with Gasteiger partial charge in [0, 0.05) is 6.07 Å². The second-order valence-electron chi connectivity index (χ2n) is 2.28. The first kappa shape index (κ1) is 10.0. The van der Waals surface area contributed by atoms with Gasteiger partial charge in [0.15, 0.2) is 5.82 Å². The monoisotopic (exact) mass is 199 g/mol. The molecule has 0 radical (unpaired) electrons. The summed E-state index contributed by atoms with van der Waals surface area (Å²) in [6, 6.07) is 1.34. The normalized spacial score (nSPS) is 9.29. The number of carbonyl (C=O) groups is 2. The van der Waals surface area contributed by atoms with Gasteiger partial charge in [-0.25, -0.2) is 9.59 Å². The molecule has 0 fully saturated rings. The Morgan fingerprint density at radius 2 is 2.14 bits per heavy atom. The molecule has 0 saturated carbocycles. The first-order valence-electron chi connectivity index (χ1n) is 3.66. The van der Waals surface area contributed by atoms with Gasteiger partial charge in [-0.3, -0.25) is 10.4 Å². The number of methoxy groups -OCH3 is 2. The van der Waals surface area contributed by atoms with E-state index in [1.165, 1.54) is 20.3 Å². The van der Waals surface area contributed by atoms with Crippen molar-refractivity contribution in [3.8, 4) is 0 Å². The molecule has 0 aliphatic carbocycles. The van der Waals surface area contributed by atoms with Crippen LogP contribution in [0.2, 0.25) is 0 Å². The molecule has 7 heteroatoms. The summed E-state index contributed by atoms with van der Waals surface area (Å²) in [7, 11) is 2.47. The Bertz CT molecular complexity index is 346. The Balaban J connectivity index is 2.68. The highest BCUT2D eigenvalue weighted by Gasteiger charge is 2.11. The van der Waals surface area contributed by atoms with E-state index >= 15 is 0 Å². The van der Waals surface area contributed by atoms with Gasteiger partial charge in [-0.05, 0) is 0 Å². The van der Waals surface area contributed by atoms with Crippen LogP contribution in [0.3, 0.4) is 0 Å². The number of carbonyl (C=O) groups excluding carboxylic acids is 2. The minimum Gasteiger partial charge on any atom is -0.464 e. The number of rotatable bonds is 2. The molecule has 7 nitrogen and oxygen atoms in total. The summed E-state index contributed by atoms with van der Waals surface area (Å²) in [5.41, 5.74) is 0.152. The van der Waals surface area contributed by atoms with E-state index in [9.17, 15) is 9.59 Å². The highest BCUT2D eigenvalue weighted by atomic mass is 16.5. The van der Waals surface area contributed by atoms with Crippen molar-refractivity contribution in [2.45, 2.75) is 0 Å². The number of amides is 1. The predicted octanol–water partition coefficient (Wildman–Crippen LogP) is 0.375. The van der Waals surface area contributed by atoms with Crippen LogP contribution in [0.15, 0.2) is 6.07 Å². The van der Waals surface area contributed by atoms with E-state index in [4.69, 9.17) is 0 Å². The number of aromatic nitrogens is 2. The van der Waals surface area contributed by atoms with Crippen molar-refractivity contribution in [1.82, 2.24) is 10.2 Å². The molecule has 76 valence electrons. The van der Waals surface area contributed by atoms with Crippen molar-refractivity contribution >= 4 is 17.9 Å². The largest absolute Gasteiger partial charge is 0.464 e. The Labute approximate surface area is 79.4 Å². The van der Waals surface area contributed by atoms with E-state index in [1.54, 1.807) is 0 Å². The lowest BCUT2D eigenvalue weighted by atomic mass is 10.4. The van der Waals surface area contributed by atoms with Crippen molar-refractivity contribution in [1.29, 1.82) is 0 Å². The van der Waals surface area contributed by atoms with Crippen molar-refractivity contribution < 1.29 is 19.1 Å². The van der Waals surface area contributed by atoms with E-state index in [2.05, 4.69) is 25.0 Å². The molecule has 0 aliphatic rings. The third-order valence-electron chi connectivity index (χ3n) is 1.40. The fraction of sp³-hybridized carbons (Fsp3) is 0.286. The maximum absolute atomic E-state index is 10.9. The van der Waals surface area contributed by atoms with Crippen LogP contribution >= 0.6 is 0 Å². The minimum absolute atomic E-state index is 0.152. The number of nitrogens with zero attached hydrogens (tertiary/aromatic N) is 1. The number of hydrogen-bond acceptors (Lipinski definition) is 5. The molecule has 0 unspecified atom stereocenters. The molecule has 0 aromatic carbocycles. The van der Waals surface area contributed by atoms with Gasteiger partial charge in [-0.1, -0.05) is 0 Å². The summed E-state index contributed by atoms with van der Waals surface area (Å²) in [6.45, 7) is 0. The fourth-order valence-corrected chi connectivity index (χ4v) is 0.756. The summed E-state index contributed by atoms with van der Waals surface area (Å²) in [5.74, 6) is -0.368. The zero-order chi connectivity index (χ0) is 10.6. The van der Waals surface area contributed by atoms with Gasteiger partial charge >= 0.3 is 12.1 Å². The van der Waals surface area contributed by atoms with Crippen LogP contribution in [0.4, 0.5) is 10.6 Å². The summed E-state index contributed by atoms with van der Waals surface area (Å²) >= 11 is 0. The van der Waals surface area contributed by atoms with Crippen LogP contribution in [-0.4, -0.2) is 36.5 Å². The number of anilines is 1. The average molecular weight is 199 g/mol. The molecular weight excluding hydrogens is 190 g/mol. The van der Waals surface area contributed by atoms with Gasteiger partial charge < -0.3 is 9.47 Å². The first-order valence-corrected chi connectivity index (χ1v) is 3.66. The molecule has 14 heavy (non-hydrogen) atoms. The van der Waals surface area contributed by atoms with Crippen molar-refractivity contribution in [2.24, 2.45) is 0 Å². The predicted molar refractivity (Wildman–Crippen MR) is 46.0 cm³/mol. The molecule has 0 aliphatic heterocycles. The number of nitrogens with one attached hydrogen (secondary N) is 2. The summed E-state index contributed by atoms with van der Waals surface area (Å²) in [6.07, 6.45) is -0.659. The smallest absolute Gasteiger partial charge is 0.412 e. The molecule has 1 heterocycles. The van der Waals surface area contributed by atoms with Crippen molar-refractivity contribution in [3.05, 3.63) is 11.8 Å². The number of esters is 1. The van der Waals surface area contributed by atoms with Crippen molar-refractivity contribution in [3.63, 3.8) is 0 Å². The molecule has 0 saturated heterocycles. The van der Waals surface area contributed by atoms with Crippen LogP contribution in [0.25, 0.3) is 0 Å². The molecular formula is C7H9N3O4. The fourth-order valence-electron chi connectivity index (χ4n) is 0.756. The first-order chi connectivity index (χ1) is 6.67. The summed E-state index contributed by atoms with van der Waals surface area (Å²) in [5, 5.41) is 8.31. The quantitative estimate of drug-likeness (QED) is 0.671. The maximum atomic E-state index is 10.9. The number of ether oxygens (including phenoxy) is 2. The third kappa shape index (κ3) is 2.22. The Kier molecular flexibility index (Phi) is 3.05. The molecule has 0 spiro atoms. The molecule has 0 atom stereocenters. The van der Waals surface area contributed by atoms with Gasteiger partial charge in [0.05, 0.1) is 14.2 Å². The SMILES string of the molecule is COC(=O)Nc1cc(C(=O)OC)[nH]n1. The molecule has 1 amide bonds. The summed E-state index contributed by atoms with van der Waals surface area (Å²) in [4.78, 5) is 21.7. The minimum atomic E-state index is -0.659. The Morgan fingerprint density at radius 1 is 1.43 bits per heavy atom. The standard InChI is InChI=1S/C7H9N3O4/c1-13-6(11)4-3-5(10-9-4)8-7(12)14-2/h3H,1-2H3,(H2,8,9,10,12). The lowest BCUT2D eigenvalue weighted by Gasteiger charge is -1.96. The van der Waals surface area contributed by atoms with E-state index in [1.807, 2.05) is 0 Å². The van der Waals surface area contributed by atoms with Gasteiger partial charge in [0.25, 0.3) is 0 Å². The number of H-pyrrole nitrogens is 1. The topological polar surface area (TPSA) is 93.3 Å². The average Bonchev–Trinajstić information content (AvgIpc) is 2.65. The number of hydrogen-bond donors (Lipinski definition) is 2. The molecule has 2 N–H and O–H groups in total. The number of aromatic amines is 1. The highest BCUT2D eigenvalue weighted by Crippen LogP contribution is 2.06.